The number of carbonyl (C=O) groups is 1. The molecule has 0 spiro atoms. The largest absolute Gasteiger partial charge is 0.481 e. The van der Waals surface area contributed by atoms with Crippen molar-refractivity contribution in [2.75, 3.05) is 0 Å². The van der Waals surface area contributed by atoms with Crippen LogP contribution in [0.5, 0.6) is 0 Å². The molecule has 5 heteroatoms. The van der Waals surface area contributed by atoms with Gasteiger partial charge in [-0.3, -0.25) is 4.79 Å². The SMILES string of the molecule is Cc1nc(CCC(=O)O)n(C)c1Cc1cccc(Br)c1. The second-order valence-corrected chi connectivity index (χ2v) is 5.74. The first-order valence-electron chi connectivity index (χ1n) is 6.44. The Morgan fingerprint density at radius 1 is 1.45 bits per heavy atom. The van der Waals surface area contributed by atoms with Crippen LogP contribution in [0.25, 0.3) is 0 Å². The molecule has 2 aromatic rings. The van der Waals surface area contributed by atoms with Crippen molar-refractivity contribution in [1.29, 1.82) is 0 Å². The molecular formula is C15H17BrN2O2. The maximum Gasteiger partial charge on any atom is 0.303 e. The van der Waals surface area contributed by atoms with Gasteiger partial charge in [-0.2, -0.15) is 0 Å². The third kappa shape index (κ3) is 3.48. The van der Waals surface area contributed by atoms with Crippen molar-refractivity contribution in [2.45, 2.75) is 26.2 Å². The van der Waals surface area contributed by atoms with Crippen molar-refractivity contribution >= 4 is 21.9 Å². The minimum Gasteiger partial charge on any atom is -0.481 e. The van der Waals surface area contributed by atoms with Crippen LogP contribution in [0.4, 0.5) is 0 Å². The van der Waals surface area contributed by atoms with Gasteiger partial charge in [0.15, 0.2) is 0 Å². The summed E-state index contributed by atoms with van der Waals surface area (Å²) >= 11 is 3.47. The number of rotatable bonds is 5. The molecule has 0 aliphatic heterocycles. The number of aliphatic carboxylic acids is 1. The first-order chi connectivity index (χ1) is 9.47. The number of halogens is 1. The van der Waals surface area contributed by atoms with Crippen molar-refractivity contribution in [1.82, 2.24) is 9.55 Å². The third-order valence-corrected chi connectivity index (χ3v) is 3.82. The van der Waals surface area contributed by atoms with Gasteiger partial charge in [-0.25, -0.2) is 4.98 Å². The normalized spacial score (nSPS) is 10.8. The topological polar surface area (TPSA) is 55.1 Å². The number of hydrogen-bond donors (Lipinski definition) is 1. The monoisotopic (exact) mass is 336 g/mol. The zero-order valence-electron chi connectivity index (χ0n) is 11.6. The average molecular weight is 337 g/mol. The van der Waals surface area contributed by atoms with Crippen molar-refractivity contribution in [3.8, 4) is 0 Å². The molecule has 0 atom stereocenters. The molecule has 1 aromatic carbocycles. The standard InChI is InChI=1S/C15H17BrN2O2/c1-10-13(9-11-4-3-5-12(16)8-11)18(2)14(17-10)6-7-15(19)20/h3-5,8H,6-7,9H2,1-2H3,(H,19,20). The van der Waals surface area contributed by atoms with Crippen LogP contribution in [0, 0.1) is 6.92 Å². The number of carboxylic acids is 1. The highest BCUT2D eigenvalue weighted by Crippen LogP contribution is 2.18. The van der Waals surface area contributed by atoms with Gasteiger partial charge < -0.3 is 9.67 Å². The van der Waals surface area contributed by atoms with E-state index in [0.29, 0.717) is 6.42 Å². The lowest BCUT2D eigenvalue weighted by molar-refractivity contribution is -0.137. The molecule has 2 rings (SSSR count). The van der Waals surface area contributed by atoms with Crippen molar-refractivity contribution in [3.05, 3.63) is 51.5 Å². The fourth-order valence-corrected chi connectivity index (χ4v) is 2.71. The van der Waals surface area contributed by atoms with Crippen LogP contribution in [0.2, 0.25) is 0 Å². The van der Waals surface area contributed by atoms with Crippen LogP contribution < -0.4 is 0 Å². The minimum absolute atomic E-state index is 0.112. The molecule has 0 aliphatic carbocycles. The summed E-state index contributed by atoms with van der Waals surface area (Å²) in [5.74, 6) is 0.0362. The van der Waals surface area contributed by atoms with E-state index >= 15 is 0 Å². The molecule has 0 saturated heterocycles. The average Bonchev–Trinajstić information content (AvgIpc) is 2.64. The Morgan fingerprint density at radius 3 is 2.85 bits per heavy atom. The highest BCUT2D eigenvalue weighted by Gasteiger charge is 2.13. The fraction of sp³-hybridized carbons (Fsp3) is 0.333. The zero-order chi connectivity index (χ0) is 14.7. The Kier molecular flexibility index (Phi) is 4.60. The smallest absolute Gasteiger partial charge is 0.303 e. The van der Waals surface area contributed by atoms with E-state index in [1.165, 1.54) is 5.56 Å². The van der Waals surface area contributed by atoms with Gasteiger partial charge in [0, 0.05) is 30.1 Å². The summed E-state index contributed by atoms with van der Waals surface area (Å²) in [7, 11) is 1.95. The third-order valence-electron chi connectivity index (χ3n) is 3.33. The molecular weight excluding hydrogens is 320 g/mol. The van der Waals surface area contributed by atoms with Crippen molar-refractivity contribution in [2.24, 2.45) is 7.05 Å². The van der Waals surface area contributed by atoms with Crippen LogP contribution in [-0.2, 0) is 24.7 Å². The van der Waals surface area contributed by atoms with E-state index in [1.807, 2.05) is 30.7 Å². The second-order valence-electron chi connectivity index (χ2n) is 4.82. The fourth-order valence-electron chi connectivity index (χ4n) is 2.26. The number of hydrogen-bond acceptors (Lipinski definition) is 2. The first-order valence-corrected chi connectivity index (χ1v) is 7.24. The number of imidazole rings is 1. The summed E-state index contributed by atoms with van der Waals surface area (Å²) < 4.78 is 3.07. The van der Waals surface area contributed by atoms with Gasteiger partial charge in [-0.05, 0) is 24.6 Å². The van der Waals surface area contributed by atoms with Crippen LogP contribution in [0.15, 0.2) is 28.7 Å². The Morgan fingerprint density at radius 2 is 2.20 bits per heavy atom. The summed E-state index contributed by atoms with van der Waals surface area (Å²) in [4.78, 5) is 15.2. The van der Waals surface area contributed by atoms with Crippen molar-refractivity contribution in [3.63, 3.8) is 0 Å². The van der Waals surface area contributed by atoms with Crippen LogP contribution in [0.1, 0.15) is 29.2 Å². The molecule has 4 nitrogen and oxygen atoms in total. The molecule has 0 fully saturated rings. The first kappa shape index (κ1) is 14.8. The van der Waals surface area contributed by atoms with Gasteiger partial charge in [-0.15, -0.1) is 0 Å². The lowest BCUT2D eigenvalue weighted by atomic mass is 10.1. The molecule has 0 unspecified atom stereocenters. The molecule has 0 radical (unpaired) electrons. The van der Waals surface area contributed by atoms with Gasteiger partial charge >= 0.3 is 5.97 Å². The van der Waals surface area contributed by atoms with E-state index in [-0.39, 0.29) is 6.42 Å². The van der Waals surface area contributed by atoms with E-state index in [9.17, 15) is 4.79 Å². The molecule has 106 valence electrons. The molecule has 0 amide bonds. The molecule has 0 aliphatic rings. The van der Waals surface area contributed by atoms with Gasteiger partial charge in [0.05, 0.1) is 12.1 Å². The van der Waals surface area contributed by atoms with E-state index in [0.717, 1.165) is 28.1 Å². The molecule has 1 heterocycles. The number of carboxylic acid groups (broad SMARTS) is 1. The maximum atomic E-state index is 10.7. The van der Waals surface area contributed by atoms with E-state index < -0.39 is 5.97 Å². The lowest BCUT2D eigenvalue weighted by Crippen LogP contribution is -2.06. The highest BCUT2D eigenvalue weighted by atomic mass is 79.9. The van der Waals surface area contributed by atoms with E-state index in [1.54, 1.807) is 0 Å². The summed E-state index contributed by atoms with van der Waals surface area (Å²) in [5.41, 5.74) is 3.30. The molecule has 0 bridgehead atoms. The molecule has 1 N–H and O–H groups in total. The Bertz CT molecular complexity index is 635. The summed E-state index contributed by atoms with van der Waals surface area (Å²) in [6, 6.07) is 8.17. The minimum atomic E-state index is -0.792. The Balaban J connectivity index is 2.22. The molecule has 20 heavy (non-hydrogen) atoms. The molecule has 0 saturated carbocycles. The summed E-state index contributed by atoms with van der Waals surface area (Å²) in [6.07, 6.45) is 1.37. The predicted molar refractivity (Wildman–Crippen MR) is 80.8 cm³/mol. The van der Waals surface area contributed by atoms with Crippen LogP contribution >= 0.6 is 15.9 Å². The summed E-state index contributed by atoms with van der Waals surface area (Å²) in [6.45, 7) is 1.97. The van der Waals surface area contributed by atoms with E-state index in [4.69, 9.17) is 5.11 Å². The lowest BCUT2D eigenvalue weighted by Gasteiger charge is -2.07. The zero-order valence-corrected chi connectivity index (χ0v) is 13.1. The second kappa shape index (κ2) is 6.22. The van der Waals surface area contributed by atoms with Gasteiger partial charge in [0.1, 0.15) is 5.82 Å². The highest BCUT2D eigenvalue weighted by molar-refractivity contribution is 9.10. The van der Waals surface area contributed by atoms with Gasteiger partial charge in [0.2, 0.25) is 0 Å². The number of nitrogens with zero attached hydrogens (tertiary/aromatic N) is 2. The number of aryl methyl sites for hydroxylation is 2. The maximum absolute atomic E-state index is 10.7. The predicted octanol–water partition coefficient (Wildman–Crippen LogP) is 3.10. The number of benzene rings is 1. The molecule has 1 aromatic heterocycles. The van der Waals surface area contributed by atoms with Crippen LogP contribution in [-0.4, -0.2) is 20.6 Å². The van der Waals surface area contributed by atoms with E-state index in [2.05, 4.69) is 33.0 Å². The van der Waals surface area contributed by atoms with Gasteiger partial charge in [0.25, 0.3) is 0 Å². The Labute approximate surface area is 126 Å². The number of aromatic nitrogens is 2. The summed E-state index contributed by atoms with van der Waals surface area (Å²) in [5, 5.41) is 8.77. The van der Waals surface area contributed by atoms with Crippen LogP contribution in [0.3, 0.4) is 0 Å². The quantitative estimate of drug-likeness (QED) is 0.912. The van der Waals surface area contributed by atoms with Gasteiger partial charge in [-0.1, -0.05) is 28.1 Å². The Hall–Kier alpha value is -1.62. The van der Waals surface area contributed by atoms with Crippen molar-refractivity contribution < 1.29 is 9.90 Å².